The number of carboxylic acids is 1. The number of hydrogen-bond donors (Lipinski definition) is 2. The SMILES string of the molecule is CC(C)c1cccc([C@H](C)C2CC2)c1OCC(CN)C(=O)O. The number of hydrogen-bond acceptors (Lipinski definition) is 3. The second-order valence-corrected chi connectivity index (χ2v) is 6.63. The van der Waals surface area contributed by atoms with Crippen LogP contribution in [-0.2, 0) is 4.79 Å². The fourth-order valence-corrected chi connectivity index (χ4v) is 2.83. The molecule has 4 nitrogen and oxygen atoms in total. The molecule has 3 N–H and O–H groups in total. The van der Waals surface area contributed by atoms with Gasteiger partial charge in [0.05, 0.1) is 0 Å². The number of nitrogens with two attached hydrogens (primary N) is 1. The normalized spacial score (nSPS) is 17.3. The summed E-state index contributed by atoms with van der Waals surface area (Å²) in [6.07, 6.45) is 2.54. The molecule has 1 saturated carbocycles. The second kappa shape index (κ2) is 7.14. The Morgan fingerprint density at radius 1 is 1.32 bits per heavy atom. The average Bonchev–Trinajstić information content (AvgIpc) is 3.31. The first kappa shape index (κ1) is 16.8. The van der Waals surface area contributed by atoms with E-state index in [4.69, 9.17) is 15.6 Å². The summed E-state index contributed by atoms with van der Waals surface area (Å²) in [5.41, 5.74) is 7.88. The fraction of sp³-hybridized carbons (Fsp3) is 0.611. The zero-order valence-electron chi connectivity index (χ0n) is 13.7. The quantitative estimate of drug-likeness (QED) is 0.772. The van der Waals surface area contributed by atoms with Crippen LogP contribution in [0.5, 0.6) is 5.75 Å². The zero-order valence-corrected chi connectivity index (χ0v) is 13.7. The predicted octanol–water partition coefficient (Wildman–Crippen LogP) is 3.36. The van der Waals surface area contributed by atoms with Gasteiger partial charge in [-0.3, -0.25) is 4.79 Å². The van der Waals surface area contributed by atoms with Gasteiger partial charge < -0.3 is 15.6 Å². The number of para-hydroxylation sites is 1. The van der Waals surface area contributed by atoms with Crippen LogP contribution in [-0.4, -0.2) is 24.2 Å². The highest BCUT2D eigenvalue weighted by atomic mass is 16.5. The lowest BCUT2D eigenvalue weighted by atomic mass is 9.90. The minimum atomic E-state index is -0.902. The van der Waals surface area contributed by atoms with Crippen LogP contribution in [0.4, 0.5) is 0 Å². The molecule has 1 aliphatic rings. The topological polar surface area (TPSA) is 72.5 Å². The van der Waals surface area contributed by atoms with E-state index < -0.39 is 11.9 Å². The maximum atomic E-state index is 11.1. The van der Waals surface area contributed by atoms with Gasteiger partial charge >= 0.3 is 5.97 Å². The van der Waals surface area contributed by atoms with E-state index in [2.05, 4.69) is 39.0 Å². The molecule has 1 fully saturated rings. The molecule has 1 aromatic rings. The van der Waals surface area contributed by atoms with Gasteiger partial charge in [-0.1, -0.05) is 39.0 Å². The lowest BCUT2D eigenvalue weighted by molar-refractivity contribution is -0.142. The molecule has 2 atom stereocenters. The van der Waals surface area contributed by atoms with Crippen molar-refractivity contribution < 1.29 is 14.6 Å². The summed E-state index contributed by atoms with van der Waals surface area (Å²) in [6.45, 7) is 6.71. The molecular formula is C18H27NO3. The number of ether oxygens (including phenoxy) is 1. The Kier molecular flexibility index (Phi) is 5.46. The van der Waals surface area contributed by atoms with Crippen molar-refractivity contribution in [2.24, 2.45) is 17.6 Å². The Morgan fingerprint density at radius 2 is 1.95 bits per heavy atom. The van der Waals surface area contributed by atoms with Crippen LogP contribution < -0.4 is 10.5 Å². The number of rotatable bonds is 8. The van der Waals surface area contributed by atoms with Gasteiger partial charge in [-0.15, -0.1) is 0 Å². The summed E-state index contributed by atoms with van der Waals surface area (Å²) in [4.78, 5) is 11.1. The van der Waals surface area contributed by atoms with Crippen molar-refractivity contribution in [3.63, 3.8) is 0 Å². The van der Waals surface area contributed by atoms with Gasteiger partial charge in [-0.2, -0.15) is 0 Å². The standard InChI is InChI=1S/C18H27NO3/c1-11(2)15-5-4-6-16(12(3)13-7-8-13)17(15)22-10-14(9-19)18(20)21/h4-6,11-14H,7-10,19H2,1-3H3,(H,20,21)/t12-,14?/m1/s1. The third-order valence-electron chi connectivity index (χ3n) is 4.58. The average molecular weight is 305 g/mol. The largest absolute Gasteiger partial charge is 0.492 e. The molecule has 0 radical (unpaired) electrons. The van der Waals surface area contributed by atoms with Crippen molar-refractivity contribution in [3.05, 3.63) is 29.3 Å². The summed E-state index contributed by atoms with van der Waals surface area (Å²) in [6, 6.07) is 6.26. The van der Waals surface area contributed by atoms with Gasteiger partial charge in [0.1, 0.15) is 18.3 Å². The Bertz CT molecular complexity index is 523. The van der Waals surface area contributed by atoms with Crippen LogP contribution in [0.25, 0.3) is 0 Å². The van der Waals surface area contributed by atoms with Crippen molar-refractivity contribution in [2.45, 2.75) is 45.4 Å². The highest BCUT2D eigenvalue weighted by Gasteiger charge is 2.31. The molecule has 0 spiro atoms. The van der Waals surface area contributed by atoms with E-state index in [1.165, 1.54) is 18.4 Å². The van der Waals surface area contributed by atoms with Crippen LogP contribution in [0.1, 0.15) is 56.6 Å². The first-order chi connectivity index (χ1) is 10.5. The number of carboxylic acid groups (broad SMARTS) is 1. The summed E-state index contributed by atoms with van der Waals surface area (Å²) in [5, 5.41) is 9.15. The van der Waals surface area contributed by atoms with Crippen molar-refractivity contribution >= 4 is 5.97 Å². The van der Waals surface area contributed by atoms with E-state index in [-0.39, 0.29) is 13.2 Å². The molecule has 0 aliphatic heterocycles. The highest BCUT2D eigenvalue weighted by molar-refractivity contribution is 5.70. The molecule has 2 rings (SSSR count). The van der Waals surface area contributed by atoms with Gasteiger partial charge in [-0.25, -0.2) is 0 Å². The smallest absolute Gasteiger partial charge is 0.311 e. The van der Waals surface area contributed by atoms with E-state index in [0.29, 0.717) is 11.8 Å². The first-order valence-electron chi connectivity index (χ1n) is 8.14. The van der Waals surface area contributed by atoms with Gasteiger partial charge in [0, 0.05) is 6.54 Å². The summed E-state index contributed by atoms with van der Waals surface area (Å²) in [5.74, 6) is 0.828. The van der Waals surface area contributed by atoms with Crippen molar-refractivity contribution in [1.29, 1.82) is 0 Å². The third-order valence-corrected chi connectivity index (χ3v) is 4.58. The molecule has 0 aromatic heterocycles. The van der Waals surface area contributed by atoms with Crippen LogP contribution in [0, 0.1) is 11.8 Å². The molecule has 22 heavy (non-hydrogen) atoms. The van der Waals surface area contributed by atoms with Crippen LogP contribution >= 0.6 is 0 Å². The Labute approximate surface area is 132 Å². The predicted molar refractivity (Wildman–Crippen MR) is 87.3 cm³/mol. The molecule has 4 heteroatoms. The fourth-order valence-electron chi connectivity index (χ4n) is 2.83. The molecule has 0 amide bonds. The lowest BCUT2D eigenvalue weighted by Gasteiger charge is -2.22. The molecule has 1 unspecified atom stereocenters. The molecular weight excluding hydrogens is 278 g/mol. The molecule has 122 valence electrons. The number of benzene rings is 1. The summed E-state index contributed by atoms with van der Waals surface area (Å²) < 4.78 is 5.98. The monoisotopic (exact) mass is 305 g/mol. The lowest BCUT2D eigenvalue weighted by Crippen LogP contribution is -2.29. The van der Waals surface area contributed by atoms with Crippen LogP contribution in [0.2, 0.25) is 0 Å². The third kappa shape index (κ3) is 3.80. The highest BCUT2D eigenvalue weighted by Crippen LogP contribution is 2.46. The minimum Gasteiger partial charge on any atom is -0.492 e. The summed E-state index contributed by atoms with van der Waals surface area (Å²) in [7, 11) is 0. The molecule has 0 bridgehead atoms. The van der Waals surface area contributed by atoms with E-state index in [0.717, 1.165) is 17.2 Å². The maximum absolute atomic E-state index is 11.1. The molecule has 1 aromatic carbocycles. The molecule has 1 aliphatic carbocycles. The van der Waals surface area contributed by atoms with E-state index in [1.54, 1.807) is 0 Å². The Hall–Kier alpha value is -1.55. The Morgan fingerprint density at radius 3 is 2.45 bits per heavy atom. The van der Waals surface area contributed by atoms with E-state index in [1.807, 2.05) is 0 Å². The van der Waals surface area contributed by atoms with Gasteiger partial charge in [0.15, 0.2) is 0 Å². The summed E-state index contributed by atoms with van der Waals surface area (Å²) >= 11 is 0. The minimum absolute atomic E-state index is 0.0900. The van der Waals surface area contributed by atoms with Crippen molar-refractivity contribution in [1.82, 2.24) is 0 Å². The molecule has 0 heterocycles. The van der Waals surface area contributed by atoms with Gasteiger partial charge in [-0.05, 0) is 41.7 Å². The number of carbonyl (C=O) groups is 1. The van der Waals surface area contributed by atoms with E-state index >= 15 is 0 Å². The second-order valence-electron chi connectivity index (χ2n) is 6.63. The van der Waals surface area contributed by atoms with Crippen molar-refractivity contribution in [2.75, 3.05) is 13.2 Å². The Balaban J connectivity index is 2.27. The molecule has 0 saturated heterocycles. The first-order valence-corrected chi connectivity index (χ1v) is 8.14. The van der Waals surface area contributed by atoms with Crippen molar-refractivity contribution in [3.8, 4) is 5.75 Å². The number of aliphatic carboxylic acids is 1. The van der Waals surface area contributed by atoms with Crippen LogP contribution in [0.3, 0.4) is 0 Å². The zero-order chi connectivity index (χ0) is 16.3. The maximum Gasteiger partial charge on any atom is 0.311 e. The van der Waals surface area contributed by atoms with Gasteiger partial charge in [0.2, 0.25) is 0 Å². The van der Waals surface area contributed by atoms with Gasteiger partial charge in [0.25, 0.3) is 0 Å². The van der Waals surface area contributed by atoms with E-state index in [9.17, 15) is 4.79 Å². The van der Waals surface area contributed by atoms with Crippen LogP contribution in [0.15, 0.2) is 18.2 Å².